The Morgan fingerprint density at radius 1 is 0.439 bits per heavy atom. The summed E-state index contributed by atoms with van der Waals surface area (Å²) >= 11 is 42.2. The fourth-order valence-electron chi connectivity index (χ4n) is 13.9. The number of aromatic amines is 1. The van der Waals surface area contributed by atoms with Crippen molar-refractivity contribution in [2.75, 3.05) is 38.1 Å². The second-order valence-corrected chi connectivity index (χ2v) is 53.9. The van der Waals surface area contributed by atoms with Gasteiger partial charge in [-0.1, -0.05) is 180 Å². The molecule has 20 nitrogen and oxygen atoms in total. The number of likely N-dealkylation sites (N-methyl/N-ethyl adjacent to an activating group) is 1. The molecule has 0 radical (unpaired) electrons. The molecule has 780 valence electrons. The molecule has 1 aliphatic heterocycles. The zero-order chi connectivity index (χ0) is 109. The van der Waals surface area contributed by atoms with E-state index in [2.05, 4.69) is 52.6 Å². The summed E-state index contributed by atoms with van der Waals surface area (Å²) in [4.78, 5) is 34.5. The smallest absolute Gasteiger partial charge is 0.416 e. The van der Waals surface area contributed by atoms with Gasteiger partial charge in [0.1, 0.15) is 10.7 Å². The van der Waals surface area contributed by atoms with Gasteiger partial charge in [0.05, 0.1) is 82.3 Å². The van der Waals surface area contributed by atoms with Gasteiger partial charge in [-0.05, 0) is 282 Å². The maximum absolute atomic E-state index is 13.1. The minimum absolute atomic E-state index is 0.0349. The highest BCUT2D eigenvalue weighted by Crippen LogP contribution is 2.40. The molecule has 0 atom stereocenters. The van der Waals surface area contributed by atoms with Crippen LogP contribution >= 0.6 is 145 Å². The number of aromatic carboxylic acids is 1. The minimum Gasteiger partial charge on any atom is -0.478 e. The summed E-state index contributed by atoms with van der Waals surface area (Å²) in [6.07, 6.45) is 4.35. The van der Waals surface area contributed by atoms with Gasteiger partial charge in [-0.15, -0.1) is 70.6 Å². The van der Waals surface area contributed by atoms with Crippen molar-refractivity contribution in [3.63, 3.8) is 0 Å². The van der Waals surface area contributed by atoms with Gasteiger partial charge in [0.25, 0.3) is 5.91 Å². The lowest BCUT2D eigenvalue weighted by molar-refractivity contribution is -0.137. The third-order valence-corrected chi connectivity index (χ3v) is 40.1. The highest BCUT2D eigenvalue weighted by Gasteiger charge is 2.37. The molecule has 148 heavy (non-hydrogen) atoms. The summed E-state index contributed by atoms with van der Waals surface area (Å²) in [6.45, 7) is 11.4. The molecule has 1 aliphatic rings. The highest BCUT2D eigenvalue weighted by molar-refractivity contribution is 9.10. The van der Waals surface area contributed by atoms with Crippen LogP contribution in [0.15, 0.2) is 355 Å². The number of sulfone groups is 6. The number of carboxylic acids is 1. The van der Waals surface area contributed by atoms with E-state index in [-0.39, 0.29) is 57.0 Å². The predicted octanol–water partition coefficient (Wildman–Crippen LogP) is 28.6. The molecule has 1 aromatic heterocycles. The Morgan fingerprint density at radius 3 is 1.18 bits per heavy atom. The summed E-state index contributed by atoms with van der Waals surface area (Å²) < 4.78 is 192. The summed E-state index contributed by atoms with van der Waals surface area (Å²) in [5, 5.41) is 28.9. The van der Waals surface area contributed by atoms with Crippen LogP contribution in [0.5, 0.6) is 0 Å². The van der Waals surface area contributed by atoms with Crippen LogP contribution in [0.25, 0.3) is 0 Å². The van der Waals surface area contributed by atoms with Crippen LogP contribution < -0.4 is 0 Å². The Balaban J connectivity index is 0.000000199. The molecule has 14 rings (SSSR count). The van der Waals surface area contributed by atoms with Gasteiger partial charge in [0, 0.05) is 127 Å². The average Bonchev–Trinajstić information content (AvgIpc) is 0.798. The van der Waals surface area contributed by atoms with Crippen LogP contribution in [0.3, 0.4) is 0 Å². The van der Waals surface area contributed by atoms with E-state index in [9.17, 15) is 73.3 Å². The molecule has 1 amide bonds. The van der Waals surface area contributed by atoms with Crippen molar-refractivity contribution < 1.29 is 78.4 Å². The largest absolute Gasteiger partial charge is 0.478 e. The number of nitriles is 2. The predicted molar refractivity (Wildman–Crippen MR) is 600 cm³/mol. The first-order valence-corrected chi connectivity index (χ1v) is 63.6. The monoisotopic (exact) mass is 2390 g/mol. The van der Waals surface area contributed by atoms with E-state index < -0.39 is 93.3 Å². The van der Waals surface area contributed by atoms with Crippen molar-refractivity contribution >= 4 is 215 Å². The van der Waals surface area contributed by atoms with Gasteiger partial charge in [-0.25, -0.2) is 55.3 Å². The van der Waals surface area contributed by atoms with Gasteiger partial charge in [-0.2, -0.15) is 23.7 Å². The molecule has 2 N–H and O–H groups in total. The Hall–Kier alpha value is -9.36. The number of thioether (sulfide) groups is 6. The number of aryl methyl sites for hydroxylation is 4. The van der Waals surface area contributed by atoms with E-state index in [1.54, 1.807) is 188 Å². The zero-order valence-corrected chi connectivity index (χ0v) is 96.1. The highest BCUT2D eigenvalue weighted by atomic mass is 79.9. The fraction of sp³-hybridized carbons (Fsp3) is 0.215. The molecule has 2 heterocycles. The van der Waals surface area contributed by atoms with Crippen LogP contribution in [0, 0.1) is 43.4 Å². The number of carboxylic acid groups (broad SMARTS) is 1. The van der Waals surface area contributed by atoms with E-state index in [0.717, 1.165) is 117 Å². The molecular formula is C107H102BrCl5F3N5O15S12. The third kappa shape index (κ3) is 37.3. The van der Waals surface area contributed by atoms with Gasteiger partial charge >= 0.3 is 12.1 Å². The minimum atomic E-state index is -4.65. The van der Waals surface area contributed by atoms with Crippen LogP contribution in [0.4, 0.5) is 13.2 Å². The maximum Gasteiger partial charge on any atom is 0.416 e. The van der Waals surface area contributed by atoms with Crippen LogP contribution in [0.1, 0.15) is 109 Å². The first-order valence-electron chi connectivity index (χ1n) is 44.6. The number of halogens is 9. The molecule has 0 unspecified atom stereocenters. The Labute approximate surface area is 923 Å². The number of nitrogens with zero attached hydrogens (tertiary/aromatic N) is 4. The number of nitrogens with one attached hydrogen (secondary N) is 1. The van der Waals surface area contributed by atoms with Crippen molar-refractivity contribution in [3.05, 3.63) is 404 Å². The number of H-pyrrole nitrogens is 1. The van der Waals surface area contributed by atoms with Gasteiger partial charge in [0.15, 0.2) is 59.0 Å². The number of amides is 1. The summed E-state index contributed by atoms with van der Waals surface area (Å²) in [7, 11) is -18.5. The van der Waals surface area contributed by atoms with Gasteiger partial charge in [0.2, 0.25) is 0 Å². The van der Waals surface area contributed by atoms with Gasteiger partial charge < -0.3 is 15.0 Å². The molecule has 13 aromatic rings. The first kappa shape index (κ1) is 122. The second-order valence-electron chi connectivity index (χ2n) is 33.0. The quantitative estimate of drug-likeness (QED) is 0.0275. The van der Waals surface area contributed by atoms with E-state index in [1.807, 2.05) is 100 Å². The number of hydrogen-bond donors (Lipinski definition) is 2. The average molecular weight is 2400 g/mol. The Kier molecular flexibility index (Phi) is 46.9. The second kappa shape index (κ2) is 56.8. The topological polar surface area (TPSA) is 329 Å². The van der Waals surface area contributed by atoms with E-state index >= 15 is 0 Å². The van der Waals surface area contributed by atoms with Crippen molar-refractivity contribution in [2.24, 2.45) is 0 Å². The van der Waals surface area contributed by atoms with Crippen molar-refractivity contribution in [2.45, 2.75) is 159 Å². The van der Waals surface area contributed by atoms with Gasteiger partial charge in [-0.3, -0.25) is 9.69 Å². The molecule has 0 fully saturated rings. The van der Waals surface area contributed by atoms with Crippen LogP contribution in [-0.2, 0) is 122 Å². The molecule has 0 spiro atoms. The SMILES string of the molecule is C=C1N(C)C=C(S(=O)(=O)Cc2cc(C(F)(F)F)ccc2SCCC#N)C(=O)N1C.CCCc1ccc(S(=O)(=O)Cc2cc(Cl)ccc2SCCC#N)cc1.CSc1ccc(Cl)cc1CS(=O)(=O)c1c[nH]c(C)c1.CSc1ccc(Cl)cc1CS(=O)(=O)c1ccc(C)cc1.Cc1ccc(S(=O)(=O)Cc2cc(Cl)ccc2SCc2ccc(C(=O)O)cc2)cc1.O=S(=O)(Cc1cc(Cl)ccc1SCc1ccccc1)c1ccccc1Br. The molecule has 41 heteroatoms. The number of carbonyl (C=O) groups excluding carboxylic acids is 1. The number of carbonyl (C=O) groups is 2. The molecule has 0 saturated carbocycles. The lowest BCUT2D eigenvalue weighted by Crippen LogP contribution is -2.40. The van der Waals surface area contributed by atoms with Crippen LogP contribution in [-0.4, -0.2) is 120 Å². The van der Waals surface area contributed by atoms with E-state index in [4.69, 9.17) is 73.6 Å². The number of aromatic nitrogens is 1. The van der Waals surface area contributed by atoms with Crippen molar-refractivity contribution in [1.29, 1.82) is 10.5 Å². The molecule has 0 saturated heterocycles. The maximum atomic E-state index is 13.1. The molecule has 0 bridgehead atoms. The molecular weight excluding hydrogens is 2290 g/mol. The normalized spacial score (nSPS) is 12.2. The van der Waals surface area contributed by atoms with Crippen molar-refractivity contribution in [3.8, 4) is 12.1 Å². The number of rotatable bonds is 35. The van der Waals surface area contributed by atoms with E-state index in [0.29, 0.717) is 94.4 Å². The first-order chi connectivity index (χ1) is 69.9. The summed E-state index contributed by atoms with van der Waals surface area (Å²) in [6, 6.07) is 79.4. The number of alkyl halides is 3. The standard InChI is InChI=1S/C22H19ClO4S2.C20H16BrClO2S2.C19H20ClNO2S2.C18H18F3N3O3S2.C15H15ClO2S2.C13H14ClNO2S2/c1-15-2-9-20(10-3-15)29(26,27)14-18-12-19(23)8-11-21(18)28-13-16-4-6-17(7-5-16)22(24)25;21-18-8-4-5-9-20(18)26(23,24)14-16-12-17(22)10-11-19(16)25-13-15-6-2-1-3-7-15;1-2-4-15-5-8-18(9-6-15)25(22,23)14-16-13-17(20)7-10-19(16)24-12-3-11-21;1-12-23(2)10-16(17(25)24(12)3)29(26,27)11-13-9-14(18(19,20)21)5-6-15(13)28-8-4-7-22;1-11-3-6-14(7-4-11)20(17,18)10-12-9-13(16)5-8-15(12)19-2;1-9-5-12(7-15-9)19(16,17)8-10-6-11(14)3-4-13(10)18-2/h2-12H,13-14H2,1H3,(H,24,25);1-12H,13-14H2;5-10,13H,2-4,12,14H2,1H3;5-6,9-10H,1,4,8,11H2,2-3H3;3-9H,10H2,1-2H3;3-7,15H,8H2,1-2H3. The molecule has 12 aromatic carbocycles. The van der Waals surface area contributed by atoms with E-state index in [1.165, 1.54) is 83.9 Å². The lowest BCUT2D eigenvalue weighted by Gasteiger charge is -2.31. The summed E-state index contributed by atoms with van der Waals surface area (Å²) in [5.41, 5.74) is 8.81. The number of benzene rings is 12. The number of hydrogen-bond acceptors (Lipinski definition) is 23. The van der Waals surface area contributed by atoms with Crippen molar-refractivity contribution in [1.82, 2.24) is 14.8 Å². The summed E-state index contributed by atoms with van der Waals surface area (Å²) in [5.74, 6) is -0.432. The van der Waals surface area contributed by atoms with Crippen LogP contribution in [0.2, 0.25) is 25.1 Å². The fourth-order valence-corrected chi connectivity index (χ4v) is 30.0. The lowest BCUT2D eigenvalue weighted by atomic mass is 10.1. The Morgan fingerprint density at radius 2 is 0.791 bits per heavy atom. The zero-order valence-electron chi connectivity index (χ0n) is 80.9. The third-order valence-electron chi connectivity index (χ3n) is 21.7. The Bertz CT molecular complexity index is 7750. The molecule has 0 aliphatic carbocycles.